The Morgan fingerprint density at radius 3 is 1.44 bits per heavy atom. The van der Waals surface area contributed by atoms with Gasteiger partial charge in [0, 0.05) is 16.0 Å². The molecule has 0 radical (unpaired) electrons. The van der Waals surface area contributed by atoms with Gasteiger partial charge in [0.15, 0.2) is 5.16 Å². The average Bonchev–Trinajstić information content (AvgIpc) is 2.70. The highest BCUT2D eigenvalue weighted by atomic mass is 32.2. The van der Waals surface area contributed by atoms with Crippen LogP contribution in [0.5, 0.6) is 0 Å². The lowest BCUT2D eigenvalue weighted by atomic mass is 10.1. The van der Waals surface area contributed by atoms with Crippen LogP contribution in [0.25, 0.3) is 22.5 Å². The van der Waals surface area contributed by atoms with Crippen LogP contribution in [0.15, 0.2) is 107 Å². The van der Waals surface area contributed by atoms with Crippen molar-refractivity contribution in [2.24, 2.45) is 0 Å². The molecule has 1 aromatic heterocycles. The minimum Gasteiger partial charge on any atom is -0.222 e. The van der Waals surface area contributed by atoms with Crippen molar-refractivity contribution in [3.8, 4) is 22.5 Å². The zero-order valence-electron chi connectivity index (χ0n) is 13.5. The Morgan fingerprint density at radius 1 is 0.520 bits per heavy atom. The minimum absolute atomic E-state index is 0.756. The van der Waals surface area contributed by atoms with E-state index in [1.807, 2.05) is 54.6 Å². The maximum Gasteiger partial charge on any atom is 0.193 e. The number of nitrogens with zero attached hydrogens (tertiary/aromatic N) is 2. The van der Waals surface area contributed by atoms with E-state index in [1.165, 1.54) is 0 Å². The molecule has 0 saturated carbocycles. The summed E-state index contributed by atoms with van der Waals surface area (Å²) >= 11 is 1.58. The van der Waals surface area contributed by atoms with Crippen LogP contribution >= 0.6 is 11.8 Å². The number of hydrogen-bond donors (Lipinski definition) is 0. The van der Waals surface area contributed by atoms with Crippen LogP contribution in [0.4, 0.5) is 0 Å². The summed E-state index contributed by atoms with van der Waals surface area (Å²) in [7, 11) is 0. The van der Waals surface area contributed by atoms with Gasteiger partial charge in [-0.3, -0.25) is 0 Å². The third-order valence-electron chi connectivity index (χ3n) is 3.80. The van der Waals surface area contributed by atoms with Crippen LogP contribution in [-0.4, -0.2) is 9.97 Å². The number of hydrogen-bond acceptors (Lipinski definition) is 3. The van der Waals surface area contributed by atoms with E-state index in [-0.39, 0.29) is 0 Å². The minimum atomic E-state index is 0.756. The Morgan fingerprint density at radius 2 is 0.960 bits per heavy atom. The van der Waals surface area contributed by atoms with Gasteiger partial charge in [0.25, 0.3) is 0 Å². The maximum atomic E-state index is 4.78. The SMILES string of the molecule is c1ccc(Sc2nc(-c3ccccc3)cc(-c3ccccc3)n2)cc1. The van der Waals surface area contributed by atoms with E-state index in [0.717, 1.165) is 32.6 Å². The summed E-state index contributed by atoms with van der Waals surface area (Å²) in [5.41, 5.74) is 4.06. The van der Waals surface area contributed by atoms with E-state index in [1.54, 1.807) is 11.8 Å². The highest BCUT2D eigenvalue weighted by Gasteiger charge is 2.09. The van der Waals surface area contributed by atoms with Gasteiger partial charge in [0.1, 0.15) is 0 Å². The summed E-state index contributed by atoms with van der Waals surface area (Å²) in [6.45, 7) is 0. The Labute approximate surface area is 151 Å². The standard InChI is InChI=1S/C22H16N2S/c1-4-10-17(11-5-1)20-16-21(18-12-6-2-7-13-18)24-22(23-20)25-19-14-8-3-9-15-19/h1-16H. The molecule has 0 spiro atoms. The third-order valence-corrected chi connectivity index (χ3v) is 4.67. The molecule has 3 aromatic carbocycles. The van der Waals surface area contributed by atoms with Gasteiger partial charge in [0.2, 0.25) is 0 Å². The van der Waals surface area contributed by atoms with Crippen molar-refractivity contribution in [1.29, 1.82) is 0 Å². The molecule has 0 atom stereocenters. The molecule has 0 fully saturated rings. The van der Waals surface area contributed by atoms with Crippen molar-refractivity contribution >= 4 is 11.8 Å². The first-order valence-electron chi connectivity index (χ1n) is 8.11. The Bertz CT molecular complexity index is 897. The molecule has 0 aliphatic heterocycles. The van der Waals surface area contributed by atoms with E-state index in [0.29, 0.717) is 0 Å². The zero-order valence-corrected chi connectivity index (χ0v) is 14.4. The molecule has 4 aromatic rings. The van der Waals surface area contributed by atoms with Crippen molar-refractivity contribution in [2.45, 2.75) is 10.1 Å². The van der Waals surface area contributed by atoms with Crippen molar-refractivity contribution in [3.05, 3.63) is 97.1 Å². The first-order valence-corrected chi connectivity index (χ1v) is 8.93. The van der Waals surface area contributed by atoms with Crippen molar-refractivity contribution in [1.82, 2.24) is 9.97 Å². The molecule has 0 amide bonds. The molecule has 0 saturated heterocycles. The van der Waals surface area contributed by atoms with Gasteiger partial charge >= 0.3 is 0 Å². The molecule has 120 valence electrons. The quantitative estimate of drug-likeness (QED) is 0.429. The lowest BCUT2D eigenvalue weighted by Gasteiger charge is -2.08. The van der Waals surface area contributed by atoms with Gasteiger partial charge < -0.3 is 0 Å². The molecule has 0 bridgehead atoms. The molecule has 1 heterocycles. The van der Waals surface area contributed by atoms with Gasteiger partial charge in [-0.15, -0.1) is 0 Å². The fourth-order valence-electron chi connectivity index (χ4n) is 2.58. The average molecular weight is 340 g/mol. The predicted octanol–water partition coefficient (Wildman–Crippen LogP) is 5.96. The van der Waals surface area contributed by atoms with Crippen LogP contribution in [-0.2, 0) is 0 Å². The largest absolute Gasteiger partial charge is 0.222 e. The Kier molecular flexibility index (Phi) is 4.57. The van der Waals surface area contributed by atoms with Gasteiger partial charge in [-0.2, -0.15) is 0 Å². The van der Waals surface area contributed by atoms with Crippen molar-refractivity contribution in [3.63, 3.8) is 0 Å². The van der Waals surface area contributed by atoms with Crippen LogP contribution in [0.2, 0.25) is 0 Å². The Hall–Kier alpha value is -2.91. The van der Waals surface area contributed by atoms with Gasteiger partial charge in [0.05, 0.1) is 11.4 Å². The molecule has 25 heavy (non-hydrogen) atoms. The van der Waals surface area contributed by atoms with E-state index in [2.05, 4.69) is 42.5 Å². The molecule has 3 heteroatoms. The second kappa shape index (κ2) is 7.32. The van der Waals surface area contributed by atoms with E-state index in [9.17, 15) is 0 Å². The molecule has 4 rings (SSSR count). The van der Waals surface area contributed by atoms with Crippen LogP contribution in [0.1, 0.15) is 0 Å². The topological polar surface area (TPSA) is 25.8 Å². The number of rotatable bonds is 4. The molecular formula is C22H16N2S. The van der Waals surface area contributed by atoms with E-state index >= 15 is 0 Å². The highest BCUT2D eigenvalue weighted by Crippen LogP contribution is 2.30. The molecule has 2 nitrogen and oxygen atoms in total. The summed E-state index contributed by atoms with van der Waals surface area (Å²) in [5.74, 6) is 0. The van der Waals surface area contributed by atoms with Gasteiger partial charge in [-0.1, -0.05) is 78.9 Å². The third kappa shape index (κ3) is 3.78. The van der Waals surface area contributed by atoms with E-state index in [4.69, 9.17) is 9.97 Å². The van der Waals surface area contributed by atoms with Gasteiger partial charge in [-0.05, 0) is 30.0 Å². The summed E-state index contributed by atoms with van der Waals surface area (Å²) in [6.07, 6.45) is 0. The summed E-state index contributed by atoms with van der Waals surface area (Å²) < 4.78 is 0. The van der Waals surface area contributed by atoms with Crippen molar-refractivity contribution in [2.75, 3.05) is 0 Å². The number of aromatic nitrogens is 2. The Balaban J connectivity index is 1.80. The summed E-state index contributed by atoms with van der Waals surface area (Å²) in [5, 5.41) is 0.756. The fraction of sp³-hybridized carbons (Fsp3) is 0. The first kappa shape index (κ1) is 15.6. The van der Waals surface area contributed by atoms with Crippen LogP contribution in [0, 0.1) is 0 Å². The molecule has 0 aliphatic carbocycles. The second-order valence-electron chi connectivity index (χ2n) is 5.57. The van der Waals surface area contributed by atoms with Crippen LogP contribution < -0.4 is 0 Å². The zero-order chi connectivity index (χ0) is 16.9. The van der Waals surface area contributed by atoms with Crippen LogP contribution in [0.3, 0.4) is 0 Å². The molecule has 0 N–H and O–H groups in total. The lowest BCUT2D eigenvalue weighted by Crippen LogP contribution is -1.94. The first-order chi connectivity index (χ1) is 12.4. The summed E-state index contributed by atoms with van der Waals surface area (Å²) in [6, 6.07) is 32.7. The van der Waals surface area contributed by atoms with Crippen molar-refractivity contribution < 1.29 is 0 Å². The normalized spacial score (nSPS) is 10.6. The fourth-order valence-corrected chi connectivity index (χ4v) is 3.37. The highest BCUT2D eigenvalue weighted by molar-refractivity contribution is 7.99. The predicted molar refractivity (Wildman–Crippen MR) is 103 cm³/mol. The number of benzene rings is 3. The monoisotopic (exact) mass is 340 g/mol. The maximum absolute atomic E-state index is 4.78. The molecular weight excluding hydrogens is 324 g/mol. The summed E-state index contributed by atoms with van der Waals surface area (Å²) in [4.78, 5) is 10.7. The smallest absolute Gasteiger partial charge is 0.193 e. The second-order valence-corrected chi connectivity index (χ2v) is 6.61. The molecule has 0 unspecified atom stereocenters. The lowest BCUT2D eigenvalue weighted by molar-refractivity contribution is 0.978. The molecule has 0 aliphatic rings. The van der Waals surface area contributed by atoms with E-state index < -0.39 is 0 Å². The van der Waals surface area contributed by atoms with Gasteiger partial charge in [-0.25, -0.2) is 9.97 Å².